The van der Waals surface area contributed by atoms with Crippen molar-refractivity contribution in [3.8, 4) is 5.75 Å². The van der Waals surface area contributed by atoms with Crippen molar-refractivity contribution in [2.24, 2.45) is 7.05 Å². The zero-order valence-corrected chi connectivity index (χ0v) is 16.5. The number of hydrogen-bond donors (Lipinski definition) is 1. The predicted molar refractivity (Wildman–Crippen MR) is 104 cm³/mol. The number of thioether (sulfide) groups is 1. The normalized spacial score (nSPS) is 12.0. The zero-order chi connectivity index (χ0) is 19.2. The van der Waals surface area contributed by atoms with Crippen LogP contribution < -0.4 is 10.1 Å². The van der Waals surface area contributed by atoms with Crippen LogP contribution in [0.3, 0.4) is 0 Å². The molecule has 9 heteroatoms. The Hall–Kier alpha value is -2.39. The fraction of sp³-hybridized carbons (Fsp3) is 0.278. The highest BCUT2D eigenvalue weighted by Crippen LogP contribution is 2.20. The summed E-state index contributed by atoms with van der Waals surface area (Å²) in [6.07, 6.45) is 0. The summed E-state index contributed by atoms with van der Waals surface area (Å²) in [4.78, 5) is 12.8. The molecule has 1 amide bonds. The van der Waals surface area contributed by atoms with Crippen molar-refractivity contribution < 1.29 is 13.9 Å². The molecule has 0 radical (unpaired) electrons. The van der Waals surface area contributed by atoms with Gasteiger partial charge in [-0.2, -0.15) is 0 Å². The van der Waals surface area contributed by atoms with Gasteiger partial charge in [-0.25, -0.2) is 4.39 Å². The summed E-state index contributed by atoms with van der Waals surface area (Å²) in [7, 11) is 1.87. The SMILES string of the molecule is C[C@H](NC(=O)c1cccs1)c1nnc(SCCOc2ccc(F)cc2)n1C. The van der Waals surface area contributed by atoms with Crippen LogP contribution in [-0.4, -0.2) is 33.0 Å². The molecule has 0 fully saturated rings. The van der Waals surface area contributed by atoms with E-state index in [0.29, 0.717) is 28.8 Å². The average molecular weight is 407 g/mol. The minimum atomic E-state index is -0.288. The molecule has 3 aromatic rings. The van der Waals surface area contributed by atoms with E-state index in [9.17, 15) is 9.18 Å². The summed E-state index contributed by atoms with van der Waals surface area (Å²) in [6, 6.07) is 9.28. The van der Waals surface area contributed by atoms with E-state index >= 15 is 0 Å². The van der Waals surface area contributed by atoms with Crippen molar-refractivity contribution in [2.45, 2.75) is 18.1 Å². The van der Waals surface area contributed by atoms with Crippen LogP contribution in [0.25, 0.3) is 0 Å². The van der Waals surface area contributed by atoms with Crippen molar-refractivity contribution in [2.75, 3.05) is 12.4 Å². The Morgan fingerprint density at radius 2 is 2.11 bits per heavy atom. The molecule has 0 aliphatic heterocycles. The Bertz CT molecular complexity index is 881. The number of aromatic nitrogens is 3. The molecule has 0 saturated carbocycles. The van der Waals surface area contributed by atoms with Crippen molar-refractivity contribution in [1.29, 1.82) is 0 Å². The molecule has 6 nitrogen and oxygen atoms in total. The van der Waals surface area contributed by atoms with Gasteiger partial charge < -0.3 is 14.6 Å². The molecule has 0 bridgehead atoms. The molecule has 0 unspecified atom stereocenters. The van der Waals surface area contributed by atoms with E-state index in [1.807, 2.05) is 30.0 Å². The van der Waals surface area contributed by atoms with E-state index in [1.165, 1.54) is 35.2 Å². The predicted octanol–water partition coefficient (Wildman–Crippen LogP) is 3.68. The van der Waals surface area contributed by atoms with Crippen LogP contribution in [0.1, 0.15) is 28.5 Å². The quantitative estimate of drug-likeness (QED) is 0.457. The van der Waals surface area contributed by atoms with Gasteiger partial charge in [0.05, 0.1) is 17.5 Å². The highest BCUT2D eigenvalue weighted by atomic mass is 32.2. The van der Waals surface area contributed by atoms with E-state index < -0.39 is 0 Å². The first-order valence-electron chi connectivity index (χ1n) is 8.29. The summed E-state index contributed by atoms with van der Waals surface area (Å²) in [5.74, 6) is 1.56. The maximum absolute atomic E-state index is 12.9. The molecule has 2 aromatic heterocycles. The van der Waals surface area contributed by atoms with Gasteiger partial charge in [-0.3, -0.25) is 4.79 Å². The van der Waals surface area contributed by atoms with Gasteiger partial charge in [0, 0.05) is 12.8 Å². The zero-order valence-electron chi connectivity index (χ0n) is 14.9. The van der Waals surface area contributed by atoms with E-state index in [0.717, 1.165) is 5.16 Å². The van der Waals surface area contributed by atoms with Gasteiger partial charge in [0.15, 0.2) is 11.0 Å². The number of thiophene rings is 1. The first-order chi connectivity index (χ1) is 13.0. The fourth-order valence-electron chi connectivity index (χ4n) is 2.39. The monoisotopic (exact) mass is 406 g/mol. The first kappa shape index (κ1) is 19.4. The smallest absolute Gasteiger partial charge is 0.261 e. The van der Waals surface area contributed by atoms with E-state index in [-0.39, 0.29) is 17.8 Å². The Morgan fingerprint density at radius 1 is 1.33 bits per heavy atom. The van der Waals surface area contributed by atoms with Crippen LogP contribution in [0, 0.1) is 5.82 Å². The number of carbonyl (C=O) groups is 1. The second-order valence-corrected chi connectivity index (χ2v) is 7.73. The molecule has 0 aliphatic carbocycles. The molecule has 27 heavy (non-hydrogen) atoms. The minimum Gasteiger partial charge on any atom is -0.493 e. The van der Waals surface area contributed by atoms with E-state index in [4.69, 9.17) is 4.74 Å². The van der Waals surface area contributed by atoms with Crippen molar-refractivity contribution >= 4 is 29.0 Å². The summed E-state index contributed by atoms with van der Waals surface area (Å²) in [6.45, 7) is 2.34. The van der Waals surface area contributed by atoms with Gasteiger partial charge in [0.1, 0.15) is 11.6 Å². The Balaban J connectivity index is 1.50. The van der Waals surface area contributed by atoms with Crippen LogP contribution in [0.2, 0.25) is 0 Å². The van der Waals surface area contributed by atoms with Gasteiger partial charge in [-0.05, 0) is 42.6 Å². The Morgan fingerprint density at radius 3 is 2.81 bits per heavy atom. The molecule has 142 valence electrons. The number of halogens is 1. The molecule has 0 saturated heterocycles. The van der Waals surface area contributed by atoms with Crippen LogP contribution in [0.5, 0.6) is 5.75 Å². The first-order valence-corrected chi connectivity index (χ1v) is 10.2. The summed E-state index contributed by atoms with van der Waals surface area (Å²) < 4.78 is 20.3. The number of rotatable bonds is 8. The maximum atomic E-state index is 12.9. The number of ether oxygens (including phenoxy) is 1. The third kappa shape index (κ3) is 5.08. The van der Waals surface area contributed by atoms with Crippen LogP contribution in [0.15, 0.2) is 46.9 Å². The molecule has 2 heterocycles. The minimum absolute atomic E-state index is 0.123. The molecular formula is C18H19FN4O2S2. The largest absolute Gasteiger partial charge is 0.493 e. The highest BCUT2D eigenvalue weighted by Gasteiger charge is 2.18. The number of hydrogen-bond acceptors (Lipinski definition) is 6. The lowest BCUT2D eigenvalue weighted by Crippen LogP contribution is -2.27. The van der Waals surface area contributed by atoms with Gasteiger partial charge in [-0.1, -0.05) is 17.8 Å². The van der Waals surface area contributed by atoms with Gasteiger partial charge in [-0.15, -0.1) is 21.5 Å². The highest BCUT2D eigenvalue weighted by molar-refractivity contribution is 7.99. The summed E-state index contributed by atoms with van der Waals surface area (Å²) in [5.41, 5.74) is 0. The second-order valence-electron chi connectivity index (χ2n) is 5.72. The third-order valence-corrected chi connectivity index (χ3v) is 5.60. The van der Waals surface area contributed by atoms with Gasteiger partial charge in [0.2, 0.25) is 0 Å². The number of nitrogens with zero attached hydrogens (tertiary/aromatic N) is 3. The number of benzene rings is 1. The summed E-state index contributed by atoms with van der Waals surface area (Å²) in [5, 5.41) is 13.9. The summed E-state index contributed by atoms with van der Waals surface area (Å²) >= 11 is 2.90. The van der Waals surface area contributed by atoms with Crippen molar-refractivity contribution in [3.63, 3.8) is 0 Å². The molecule has 1 aromatic carbocycles. The van der Waals surface area contributed by atoms with Crippen LogP contribution in [0.4, 0.5) is 4.39 Å². The van der Waals surface area contributed by atoms with Crippen LogP contribution in [-0.2, 0) is 7.05 Å². The molecule has 1 atom stereocenters. The standard InChI is InChI=1S/C18H19FN4O2S2/c1-12(20-17(24)15-4-3-10-26-15)16-21-22-18(23(16)2)27-11-9-25-14-7-5-13(19)6-8-14/h3-8,10,12H,9,11H2,1-2H3,(H,20,24)/t12-/m0/s1. The van der Waals surface area contributed by atoms with E-state index in [2.05, 4.69) is 15.5 Å². The molecule has 1 N–H and O–H groups in total. The van der Waals surface area contributed by atoms with Crippen LogP contribution >= 0.6 is 23.1 Å². The molecule has 3 rings (SSSR count). The van der Waals surface area contributed by atoms with E-state index in [1.54, 1.807) is 18.2 Å². The van der Waals surface area contributed by atoms with Gasteiger partial charge >= 0.3 is 0 Å². The maximum Gasteiger partial charge on any atom is 0.261 e. The number of carbonyl (C=O) groups excluding carboxylic acids is 1. The van der Waals surface area contributed by atoms with Crippen molar-refractivity contribution in [3.05, 3.63) is 58.3 Å². The lowest BCUT2D eigenvalue weighted by Gasteiger charge is -2.13. The molecule has 0 aliphatic rings. The number of amides is 1. The Labute approximate surface area is 164 Å². The topological polar surface area (TPSA) is 69.0 Å². The second kappa shape index (κ2) is 9.01. The molecular weight excluding hydrogens is 387 g/mol. The Kier molecular flexibility index (Phi) is 6.46. The molecule has 0 spiro atoms. The van der Waals surface area contributed by atoms with Crippen molar-refractivity contribution in [1.82, 2.24) is 20.1 Å². The lowest BCUT2D eigenvalue weighted by atomic mass is 10.3. The third-order valence-electron chi connectivity index (χ3n) is 3.75. The fourth-order valence-corrected chi connectivity index (χ4v) is 3.75. The van der Waals surface area contributed by atoms with Gasteiger partial charge in [0.25, 0.3) is 5.91 Å². The average Bonchev–Trinajstić information content (AvgIpc) is 3.31. The number of nitrogens with one attached hydrogen (secondary N) is 1. The lowest BCUT2D eigenvalue weighted by molar-refractivity contribution is 0.0942.